The average Bonchev–Trinajstić information content (AvgIpc) is 2.85. The van der Waals surface area contributed by atoms with Crippen LogP contribution in [-0.2, 0) is 5.92 Å². The van der Waals surface area contributed by atoms with Gasteiger partial charge in [0.1, 0.15) is 0 Å². The van der Waals surface area contributed by atoms with E-state index in [-0.39, 0.29) is 11.6 Å². The van der Waals surface area contributed by atoms with Crippen LogP contribution in [0.1, 0.15) is 12.0 Å². The molecule has 2 rings (SSSR count). The van der Waals surface area contributed by atoms with Crippen molar-refractivity contribution < 1.29 is 8.78 Å². The van der Waals surface area contributed by atoms with Crippen molar-refractivity contribution in [2.45, 2.75) is 18.4 Å². The number of rotatable bonds is 2. The second-order valence-electron chi connectivity index (χ2n) is 3.50. The molecule has 1 fully saturated rings. The van der Waals surface area contributed by atoms with E-state index in [1.807, 2.05) is 0 Å². The largest absolute Gasteiger partial charge is 0.327 e. The highest BCUT2D eigenvalue weighted by molar-refractivity contribution is 5.23. The van der Waals surface area contributed by atoms with Gasteiger partial charge in [0.15, 0.2) is 0 Å². The lowest BCUT2D eigenvalue weighted by atomic mass is 10.0. The average molecular weight is 183 g/mol. The number of hydrogen-bond acceptors (Lipinski definition) is 1. The Hall–Kier alpha value is -0.960. The van der Waals surface area contributed by atoms with Gasteiger partial charge in [0.05, 0.1) is 0 Å². The zero-order valence-corrected chi connectivity index (χ0v) is 7.08. The van der Waals surface area contributed by atoms with E-state index < -0.39 is 11.8 Å². The third-order valence-corrected chi connectivity index (χ3v) is 2.46. The maximum absolute atomic E-state index is 13.5. The molecule has 0 radical (unpaired) electrons. The number of halogens is 2. The molecule has 2 atom stereocenters. The molecule has 0 saturated heterocycles. The summed E-state index contributed by atoms with van der Waals surface area (Å²) in [6.07, 6.45) is 0.432. The first-order chi connectivity index (χ1) is 6.12. The Labute approximate surface area is 75.6 Å². The van der Waals surface area contributed by atoms with Crippen LogP contribution in [0.4, 0.5) is 8.78 Å². The molecule has 70 valence electrons. The highest BCUT2D eigenvalue weighted by atomic mass is 19.3. The molecule has 0 spiro atoms. The van der Waals surface area contributed by atoms with Crippen LogP contribution in [-0.4, -0.2) is 6.04 Å². The molecule has 13 heavy (non-hydrogen) atoms. The Morgan fingerprint density at radius 3 is 2.23 bits per heavy atom. The van der Waals surface area contributed by atoms with Gasteiger partial charge in [-0.1, -0.05) is 30.3 Å². The molecule has 0 heterocycles. The molecule has 0 unspecified atom stereocenters. The first-order valence-electron chi connectivity index (χ1n) is 4.31. The monoisotopic (exact) mass is 183 g/mol. The quantitative estimate of drug-likeness (QED) is 0.746. The van der Waals surface area contributed by atoms with E-state index in [4.69, 9.17) is 5.73 Å². The lowest BCUT2D eigenvalue weighted by Crippen LogP contribution is -2.21. The van der Waals surface area contributed by atoms with E-state index in [2.05, 4.69) is 0 Å². The SMILES string of the molecule is N[C@@H]1C[C@H]1C(F)(F)c1ccccc1. The van der Waals surface area contributed by atoms with E-state index in [1.54, 1.807) is 18.2 Å². The molecule has 2 N–H and O–H groups in total. The Morgan fingerprint density at radius 2 is 1.77 bits per heavy atom. The van der Waals surface area contributed by atoms with E-state index in [9.17, 15) is 8.78 Å². The molecule has 1 aliphatic rings. The van der Waals surface area contributed by atoms with Crippen LogP contribution in [0.2, 0.25) is 0 Å². The van der Waals surface area contributed by atoms with Crippen molar-refractivity contribution in [3.8, 4) is 0 Å². The summed E-state index contributed by atoms with van der Waals surface area (Å²) >= 11 is 0. The summed E-state index contributed by atoms with van der Waals surface area (Å²) in [6.45, 7) is 0. The minimum Gasteiger partial charge on any atom is -0.327 e. The van der Waals surface area contributed by atoms with Crippen molar-refractivity contribution in [3.63, 3.8) is 0 Å². The minimum atomic E-state index is -2.75. The van der Waals surface area contributed by atoms with Crippen molar-refractivity contribution in [3.05, 3.63) is 35.9 Å². The van der Waals surface area contributed by atoms with Gasteiger partial charge >= 0.3 is 0 Å². The summed E-state index contributed by atoms with van der Waals surface area (Å²) < 4.78 is 27.0. The van der Waals surface area contributed by atoms with Gasteiger partial charge in [-0.25, -0.2) is 8.78 Å². The van der Waals surface area contributed by atoms with E-state index >= 15 is 0 Å². The fourth-order valence-corrected chi connectivity index (χ4v) is 1.51. The molecular formula is C10H11F2N. The Morgan fingerprint density at radius 1 is 1.23 bits per heavy atom. The zero-order chi connectivity index (χ0) is 9.47. The molecule has 0 aromatic heterocycles. The predicted octanol–water partition coefficient (Wildman–Crippen LogP) is 2.13. The first kappa shape index (κ1) is 8.63. The molecule has 0 amide bonds. The van der Waals surface area contributed by atoms with E-state index in [0.717, 1.165) is 0 Å². The summed E-state index contributed by atoms with van der Waals surface area (Å²) in [4.78, 5) is 0. The summed E-state index contributed by atoms with van der Waals surface area (Å²) in [7, 11) is 0. The Balaban J connectivity index is 2.25. The number of nitrogens with two attached hydrogens (primary N) is 1. The van der Waals surface area contributed by atoms with Gasteiger partial charge in [-0.15, -0.1) is 0 Å². The Bertz CT molecular complexity index is 297. The second-order valence-corrected chi connectivity index (χ2v) is 3.50. The van der Waals surface area contributed by atoms with E-state index in [0.29, 0.717) is 6.42 Å². The van der Waals surface area contributed by atoms with Gasteiger partial charge in [-0.05, 0) is 6.42 Å². The molecule has 3 heteroatoms. The second kappa shape index (κ2) is 2.77. The van der Waals surface area contributed by atoms with Crippen molar-refractivity contribution in [1.29, 1.82) is 0 Å². The van der Waals surface area contributed by atoms with Gasteiger partial charge in [0.2, 0.25) is 0 Å². The third kappa shape index (κ3) is 1.44. The summed E-state index contributed by atoms with van der Waals surface area (Å²) in [5.74, 6) is -3.41. The van der Waals surface area contributed by atoms with Crippen LogP contribution in [0.25, 0.3) is 0 Å². The fourth-order valence-electron chi connectivity index (χ4n) is 1.51. The van der Waals surface area contributed by atoms with Gasteiger partial charge < -0.3 is 5.73 Å². The van der Waals surface area contributed by atoms with Gasteiger partial charge in [0, 0.05) is 17.5 Å². The maximum atomic E-state index is 13.5. The molecule has 1 aromatic rings. The fraction of sp³-hybridized carbons (Fsp3) is 0.400. The summed E-state index contributed by atoms with van der Waals surface area (Å²) in [5.41, 5.74) is 5.49. The van der Waals surface area contributed by atoms with Crippen LogP contribution in [0.5, 0.6) is 0 Å². The van der Waals surface area contributed by atoms with Crippen molar-refractivity contribution in [2.75, 3.05) is 0 Å². The number of benzene rings is 1. The Kier molecular flexibility index (Phi) is 1.84. The molecule has 1 saturated carbocycles. The van der Waals surface area contributed by atoms with Crippen molar-refractivity contribution in [2.24, 2.45) is 11.7 Å². The van der Waals surface area contributed by atoms with Crippen LogP contribution in [0.15, 0.2) is 30.3 Å². The van der Waals surface area contributed by atoms with E-state index in [1.165, 1.54) is 12.1 Å². The smallest absolute Gasteiger partial charge is 0.277 e. The molecule has 1 aliphatic carbocycles. The number of alkyl halides is 2. The predicted molar refractivity (Wildman–Crippen MR) is 46.4 cm³/mol. The van der Waals surface area contributed by atoms with Crippen molar-refractivity contribution >= 4 is 0 Å². The molecule has 1 nitrogen and oxygen atoms in total. The zero-order valence-electron chi connectivity index (χ0n) is 7.08. The highest BCUT2D eigenvalue weighted by Gasteiger charge is 2.53. The van der Waals surface area contributed by atoms with Gasteiger partial charge in [-0.2, -0.15) is 0 Å². The maximum Gasteiger partial charge on any atom is 0.277 e. The highest BCUT2D eigenvalue weighted by Crippen LogP contribution is 2.48. The third-order valence-electron chi connectivity index (χ3n) is 2.46. The van der Waals surface area contributed by atoms with Crippen molar-refractivity contribution in [1.82, 2.24) is 0 Å². The molecular weight excluding hydrogens is 172 g/mol. The molecule has 1 aromatic carbocycles. The van der Waals surface area contributed by atoms with Crippen LogP contribution in [0.3, 0.4) is 0 Å². The van der Waals surface area contributed by atoms with Crippen LogP contribution in [0, 0.1) is 5.92 Å². The summed E-state index contributed by atoms with van der Waals surface area (Å²) in [5, 5.41) is 0. The molecule has 0 aliphatic heterocycles. The summed E-state index contributed by atoms with van der Waals surface area (Å²) in [6, 6.07) is 7.55. The van der Waals surface area contributed by atoms with Crippen LogP contribution < -0.4 is 5.73 Å². The standard InChI is InChI=1S/C10H11F2N/c11-10(12,8-6-9(8)13)7-4-2-1-3-5-7/h1-5,8-9H,6,13H2/t8-,9-/m1/s1. The normalized spacial score (nSPS) is 27.3. The van der Waals surface area contributed by atoms with Crippen LogP contribution >= 0.6 is 0 Å². The number of hydrogen-bond donors (Lipinski definition) is 1. The minimum absolute atomic E-state index is 0.0768. The topological polar surface area (TPSA) is 26.0 Å². The van der Waals surface area contributed by atoms with Gasteiger partial charge in [0.25, 0.3) is 5.92 Å². The lowest BCUT2D eigenvalue weighted by Gasteiger charge is -2.15. The van der Waals surface area contributed by atoms with Gasteiger partial charge in [-0.3, -0.25) is 0 Å². The first-order valence-corrected chi connectivity index (χ1v) is 4.31. The molecule has 0 bridgehead atoms. The lowest BCUT2D eigenvalue weighted by molar-refractivity contribution is -0.0302.